The molecule has 5 aromatic rings. The van der Waals surface area contributed by atoms with E-state index in [2.05, 4.69) is 15.3 Å². The predicted molar refractivity (Wildman–Crippen MR) is 114 cm³/mol. The number of hydrogen-bond donors (Lipinski definition) is 3. The van der Waals surface area contributed by atoms with Crippen LogP contribution in [0, 0.1) is 0 Å². The number of carbonyl (C=O) groups is 1. The van der Waals surface area contributed by atoms with Crippen LogP contribution in [0.15, 0.2) is 83.7 Å². The molecule has 0 fully saturated rings. The predicted octanol–water partition coefficient (Wildman–Crippen LogP) is 4.32. The Hall–Kier alpha value is -4.19. The number of anilines is 1. The van der Waals surface area contributed by atoms with E-state index in [0.29, 0.717) is 22.3 Å². The Morgan fingerprint density at radius 2 is 1.66 bits per heavy atom. The molecule has 2 heterocycles. The van der Waals surface area contributed by atoms with Gasteiger partial charge in [-0.05, 0) is 24.3 Å². The van der Waals surface area contributed by atoms with Gasteiger partial charge in [-0.15, -0.1) is 0 Å². The molecular weight excluding hydrogens is 364 g/mol. The van der Waals surface area contributed by atoms with Crippen LogP contribution >= 0.6 is 0 Å². The van der Waals surface area contributed by atoms with Gasteiger partial charge in [-0.25, -0.2) is 9.78 Å². The maximum atomic E-state index is 13.2. The highest BCUT2D eigenvalue weighted by molar-refractivity contribution is 6.14. The number of fused-ring (bicyclic) bond motifs is 2. The number of pyridine rings is 1. The second kappa shape index (κ2) is 6.76. The van der Waals surface area contributed by atoms with Gasteiger partial charge in [0.1, 0.15) is 0 Å². The van der Waals surface area contributed by atoms with Crippen LogP contribution in [-0.4, -0.2) is 20.9 Å². The first-order valence-corrected chi connectivity index (χ1v) is 9.16. The number of carbonyl (C=O) groups excluding carboxylic acids is 1. The van der Waals surface area contributed by atoms with Crippen molar-refractivity contribution in [3.05, 3.63) is 94.9 Å². The quantitative estimate of drug-likeness (QED) is 0.435. The van der Waals surface area contributed by atoms with Gasteiger partial charge < -0.3 is 15.3 Å². The van der Waals surface area contributed by atoms with Gasteiger partial charge in [0.15, 0.2) is 0 Å². The zero-order valence-electron chi connectivity index (χ0n) is 15.3. The fourth-order valence-corrected chi connectivity index (χ4v) is 3.47. The van der Waals surface area contributed by atoms with Crippen molar-refractivity contribution in [1.29, 1.82) is 0 Å². The molecule has 140 valence electrons. The van der Waals surface area contributed by atoms with Crippen molar-refractivity contribution in [3.8, 4) is 11.3 Å². The van der Waals surface area contributed by atoms with E-state index in [1.54, 1.807) is 24.3 Å². The topological polar surface area (TPSA) is 90.6 Å². The van der Waals surface area contributed by atoms with Gasteiger partial charge in [-0.2, -0.15) is 0 Å². The lowest BCUT2D eigenvalue weighted by Gasteiger charge is -2.11. The normalized spacial score (nSPS) is 11.0. The van der Waals surface area contributed by atoms with Gasteiger partial charge in [0, 0.05) is 10.9 Å². The molecule has 0 aliphatic carbocycles. The molecule has 29 heavy (non-hydrogen) atoms. The van der Waals surface area contributed by atoms with E-state index < -0.39 is 0 Å². The molecule has 0 spiro atoms. The third-order valence-corrected chi connectivity index (χ3v) is 4.83. The van der Waals surface area contributed by atoms with Crippen LogP contribution in [0.1, 0.15) is 10.4 Å². The molecule has 0 saturated carbocycles. The Balaban J connectivity index is 1.63. The molecule has 6 heteroatoms. The van der Waals surface area contributed by atoms with Crippen LogP contribution in [0.25, 0.3) is 33.2 Å². The van der Waals surface area contributed by atoms with Crippen LogP contribution in [0.2, 0.25) is 0 Å². The molecule has 3 aromatic carbocycles. The molecule has 5 rings (SSSR count). The maximum Gasteiger partial charge on any atom is 0.323 e. The first-order valence-electron chi connectivity index (χ1n) is 9.16. The summed E-state index contributed by atoms with van der Waals surface area (Å²) in [7, 11) is 0. The van der Waals surface area contributed by atoms with E-state index >= 15 is 0 Å². The number of rotatable bonds is 3. The van der Waals surface area contributed by atoms with Crippen molar-refractivity contribution >= 4 is 33.5 Å². The van der Waals surface area contributed by atoms with E-state index in [1.807, 2.05) is 54.6 Å². The monoisotopic (exact) mass is 380 g/mol. The van der Waals surface area contributed by atoms with Gasteiger partial charge in [0.25, 0.3) is 5.91 Å². The van der Waals surface area contributed by atoms with Crippen LogP contribution in [0.4, 0.5) is 5.69 Å². The highest BCUT2D eigenvalue weighted by Gasteiger charge is 2.15. The summed E-state index contributed by atoms with van der Waals surface area (Å²) in [6.45, 7) is 0. The van der Waals surface area contributed by atoms with Crippen LogP contribution < -0.4 is 11.0 Å². The SMILES string of the molecule is O=C(Nc1cccc2[nH]c(=O)[nH]c12)c1cc(-c2ccccc2)nc2ccccc12. The summed E-state index contributed by atoms with van der Waals surface area (Å²) in [6, 6.07) is 24.4. The maximum absolute atomic E-state index is 13.2. The van der Waals surface area contributed by atoms with E-state index in [4.69, 9.17) is 4.98 Å². The van der Waals surface area contributed by atoms with Crippen molar-refractivity contribution in [2.45, 2.75) is 0 Å². The summed E-state index contributed by atoms with van der Waals surface area (Å²) in [5, 5.41) is 3.69. The number of amides is 1. The average molecular weight is 380 g/mol. The van der Waals surface area contributed by atoms with Gasteiger partial charge in [0.2, 0.25) is 0 Å². The third-order valence-electron chi connectivity index (χ3n) is 4.83. The summed E-state index contributed by atoms with van der Waals surface area (Å²) in [6.07, 6.45) is 0. The third kappa shape index (κ3) is 3.06. The minimum absolute atomic E-state index is 0.268. The zero-order valence-corrected chi connectivity index (χ0v) is 15.3. The zero-order chi connectivity index (χ0) is 19.8. The number of benzene rings is 3. The highest BCUT2D eigenvalue weighted by atomic mass is 16.2. The number of nitrogens with one attached hydrogen (secondary N) is 3. The number of para-hydroxylation sites is 2. The number of aromatic amines is 2. The lowest BCUT2D eigenvalue weighted by atomic mass is 10.0. The largest absolute Gasteiger partial charge is 0.323 e. The number of aromatic nitrogens is 3. The summed E-state index contributed by atoms with van der Waals surface area (Å²) >= 11 is 0. The van der Waals surface area contributed by atoms with Crippen molar-refractivity contribution in [3.63, 3.8) is 0 Å². The standard InChI is InChI=1S/C23H16N4O2/c28-22(25-18-11-6-12-19-21(18)27-23(29)26-19)16-13-20(14-7-2-1-3-8-14)24-17-10-5-4-9-15(16)17/h1-13H,(H,25,28)(H2,26,27,29). The molecule has 0 aliphatic rings. The van der Waals surface area contributed by atoms with Crippen molar-refractivity contribution in [2.24, 2.45) is 0 Å². The lowest BCUT2D eigenvalue weighted by Crippen LogP contribution is -2.13. The Morgan fingerprint density at radius 3 is 2.52 bits per heavy atom. The smallest absolute Gasteiger partial charge is 0.320 e. The first-order chi connectivity index (χ1) is 14.2. The van der Waals surface area contributed by atoms with Gasteiger partial charge in [0.05, 0.1) is 33.5 Å². The first kappa shape index (κ1) is 16.9. The van der Waals surface area contributed by atoms with Crippen LogP contribution in [0.5, 0.6) is 0 Å². The molecule has 0 bridgehead atoms. The summed E-state index contributed by atoms with van der Waals surface area (Å²) in [5.41, 5.74) is 4.34. The second-order valence-corrected chi connectivity index (χ2v) is 6.70. The molecule has 0 unspecified atom stereocenters. The molecule has 0 aliphatic heterocycles. The summed E-state index contributed by atoms with van der Waals surface area (Å²) in [4.78, 5) is 35.0. The molecule has 6 nitrogen and oxygen atoms in total. The fraction of sp³-hybridized carbons (Fsp3) is 0. The highest BCUT2D eigenvalue weighted by Crippen LogP contribution is 2.26. The Labute approximate surface area is 165 Å². The van der Waals surface area contributed by atoms with E-state index in [-0.39, 0.29) is 11.6 Å². The van der Waals surface area contributed by atoms with Crippen molar-refractivity contribution < 1.29 is 4.79 Å². The van der Waals surface area contributed by atoms with Gasteiger partial charge in [-0.3, -0.25) is 4.79 Å². The van der Waals surface area contributed by atoms with E-state index in [0.717, 1.165) is 22.2 Å². The lowest BCUT2D eigenvalue weighted by molar-refractivity contribution is 0.102. The Morgan fingerprint density at radius 1 is 0.862 bits per heavy atom. The average Bonchev–Trinajstić information content (AvgIpc) is 3.15. The van der Waals surface area contributed by atoms with Crippen molar-refractivity contribution in [1.82, 2.24) is 15.0 Å². The number of nitrogens with zero attached hydrogens (tertiary/aromatic N) is 1. The summed E-state index contributed by atoms with van der Waals surface area (Å²) in [5.74, 6) is -0.268. The minimum atomic E-state index is -0.317. The molecule has 0 atom stereocenters. The molecule has 2 aromatic heterocycles. The Bertz CT molecular complexity index is 1420. The second-order valence-electron chi connectivity index (χ2n) is 6.70. The van der Waals surface area contributed by atoms with E-state index in [9.17, 15) is 9.59 Å². The Kier molecular flexibility index (Phi) is 3.95. The number of imidazole rings is 1. The fourth-order valence-electron chi connectivity index (χ4n) is 3.47. The van der Waals surface area contributed by atoms with Crippen molar-refractivity contribution in [2.75, 3.05) is 5.32 Å². The molecule has 0 saturated heterocycles. The van der Waals surface area contributed by atoms with Crippen LogP contribution in [-0.2, 0) is 0 Å². The minimum Gasteiger partial charge on any atom is -0.320 e. The van der Waals surface area contributed by atoms with Gasteiger partial charge >= 0.3 is 5.69 Å². The molecule has 3 N–H and O–H groups in total. The van der Waals surface area contributed by atoms with Gasteiger partial charge in [-0.1, -0.05) is 54.6 Å². The van der Waals surface area contributed by atoms with Crippen LogP contribution in [0.3, 0.4) is 0 Å². The molecule has 0 radical (unpaired) electrons. The molecule has 1 amide bonds. The summed E-state index contributed by atoms with van der Waals surface area (Å²) < 4.78 is 0. The molecular formula is C23H16N4O2. The number of H-pyrrole nitrogens is 2. The number of hydrogen-bond acceptors (Lipinski definition) is 3. The van der Waals surface area contributed by atoms with E-state index in [1.165, 1.54) is 0 Å².